The molecule has 1 N–H and O–H groups in total. The van der Waals surface area contributed by atoms with Crippen molar-refractivity contribution in [2.24, 2.45) is 0 Å². The molecule has 2 heteroatoms. The van der Waals surface area contributed by atoms with Crippen LogP contribution in [0.2, 0.25) is 0 Å². The second-order valence-corrected chi connectivity index (χ2v) is 2.89. The van der Waals surface area contributed by atoms with Crippen LogP contribution in [0.1, 0.15) is 19.8 Å². The molecule has 1 heterocycles. The number of nitrogens with one attached hydrogen (secondary N) is 1. The van der Waals surface area contributed by atoms with Crippen molar-refractivity contribution in [1.29, 1.82) is 0 Å². The van der Waals surface area contributed by atoms with Gasteiger partial charge in [0, 0.05) is 19.3 Å². The summed E-state index contributed by atoms with van der Waals surface area (Å²) in [5.74, 6) is 0. The van der Waals surface area contributed by atoms with E-state index < -0.39 is 0 Å². The molecular weight excluding hydrogens is 112 g/mol. The molecule has 0 spiro atoms. The minimum atomic E-state index is 0.764. The van der Waals surface area contributed by atoms with Gasteiger partial charge in [-0.2, -0.15) is 0 Å². The molecule has 54 valence electrons. The van der Waals surface area contributed by atoms with Crippen molar-refractivity contribution in [3.8, 4) is 0 Å². The van der Waals surface area contributed by atoms with Gasteiger partial charge in [0.25, 0.3) is 0 Å². The first-order valence-electron chi connectivity index (χ1n) is 3.75. The predicted octanol–water partition coefficient (Wildman–Crippen LogP) is 0.648. The van der Waals surface area contributed by atoms with Crippen LogP contribution in [-0.4, -0.2) is 31.2 Å². The van der Waals surface area contributed by atoms with Crippen molar-refractivity contribution in [2.45, 2.75) is 25.8 Å². The van der Waals surface area contributed by atoms with E-state index in [1.54, 1.807) is 0 Å². The average Bonchev–Trinajstić information content (AvgIpc) is 2.17. The van der Waals surface area contributed by atoms with Crippen LogP contribution in [0.25, 0.3) is 0 Å². The summed E-state index contributed by atoms with van der Waals surface area (Å²) in [4.78, 5) is 2.32. The van der Waals surface area contributed by atoms with E-state index in [4.69, 9.17) is 0 Å². The normalized spacial score (nSPS) is 29.3. The summed E-state index contributed by atoms with van der Waals surface area (Å²) in [7, 11) is 2.16. The quantitative estimate of drug-likeness (QED) is 0.587. The van der Waals surface area contributed by atoms with E-state index in [0.717, 1.165) is 12.7 Å². The summed E-state index contributed by atoms with van der Waals surface area (Å²) in [6, 6.07) is 0.764. The Balaban J connectivity index is 2.14. The first kappa shape index (κ1) is 7.03. The van der Waals surface area contributed by atoms with Crippen LogP contribution in [0.15, 0.2) is 0 Å². The summed E-state index contributed by atoms with van der Waals surface area (Å²) in [6.07, 6.45) is 2.62. The Hall–Kier alpha value is -0.0800. The molecule has 1 unspecified atom stereocenters. The van der Waals surface area contributed by atoms with Crippen LogP contribution >= 0.6 is 0 Å². The first-order valence-corrected chi connectivity index (χ1v) is 3.75. The smallest absolute Gasteiger partial charge is 0.0480 e. The highest BCUT2D eigenvalue weighted by molar-refractivity contribution is 4.75. The van der Waals surface area contributed by atoms with Crippen LogP contribution in [0.5, 0.6) is 0 Å². The fourth-order valence-electron chi connectivity index (χ4n) is 1.33. The third kappa shape index (κ3) is 1.95. The maximum absolute atomic E-state index is 3.43. The van der Waals surface area contributed by atoms with Gasteiger partial charge in [-0.3, -0.25) is 4.90 Å². The molecule has 1 rings (SSSR count). The minimum absolute atomic E-state index is 0.764. The third-order valence-corrected chi connectivity index (χ3v) is 1.82. The monoisotopic (exact) mass is 128 g/mol. The van der Waals surface area contributed by atoms with Gasteiger partial charge in [-0.25, -0.2) is 0 Å². The van der Waals surface area contributed by atoms with Gasteiger partial charge in [0.05, 0.1) is 0 Å². The van der Waals surface area contributed by atoms with Crippen LogP contribution in [0.4, 0.5) is 0 Å². The first-order chi connectivity index (χ1) is 4.33. The number of rotatable bonds is 2. The van der Waals surface area contributed by atoms with Gasteiger partial charge in [-0.15, -0.1) is 0 Å². The molecule has 1 aliphatic rings. The highest BCUT2D eigenvalue weighted by Crippen LogP contribution is 2.03. The Morgan fingerprint density at radius 3 is 2.89 bits per heavy atom. The lowest BCUT2D eigenvalue weighted by atomic mass is 10.2. The van der Waals surface area contributed by atoms with Crippen molar-refractivity contribution in [3.63, 3.8) is 0 Å². The highest BCUT2D eigenvalue weighted by Gasteiger charge is 2.16. The highest BCUT2D eigenvalue weighted by atomic mass is 15.3. The fraction of sp³-hybridized carbons (Fsp3) is 1.00. The molecule has 1 atom stereocenters. The maximum atomic E-state index is 3.43. The molecule has 0 aromatic rings. The third-order valence-electron chi connectivity index (χ3n) is 1.82. The molecule has 9 heavy (non-hydrogen) atoms. The van der Waals surface area contributed by atoms with Crippen molar-refractivity contribution >= 4 is 0 Å². The Morgan fingerprint density at radius 1 is 1.67 bits per heavy atom. The minimum Gasteiger partial charge on any atom is -0.300 e. The Kier molecular flexibility index (Phi) is 2.49. The largest absolute Gasteiger partial charge is 0.300 e. The summed E-state index contributed by atoms with van der Waals surface area (Å²) >= 11 is 0. The summed E-state index contributed by atoms with van der Waals surface area (Å²) in [5, 5.41) is 3.43. The van der Waals surface area contributed by atoms with Crippen molar-refractivity contribution < 1.29 is 0 Å². The van der Waals surface area contributed by atoms with Gasteiger partial charge in [-0.05, 0) is 13.5 Å². The number of nitrogens with zero attached hydrogens (tertiary/aromatic N) is 1. The summed E-state index contributed by atoms with van der Waals surface area (Å²) in [5.41, 5.74) is 0. The van der Waals surface area contributed by atoms with E-state index in [0.29, 0.717) is 0 Å². The molecule has 1 saturated heterocycles. The lowest BCUT2D eigenvalue weighted by Gasteiger charge is -2.06. The van der Waals surface area contributed by atoms with Gasteiger partial charge in [0.15, 0.2) is 0 Å². The van der Waals surface area contributed by atoms with Crippen molar-refractivity contribution in [1.82, 2.24) is 10.2 Å². The van der Waals surface area contributed by atoms with Gasteiger partial charge in [0.1, 0.15) is 0 Å². The van der Waals surface area contributed by atoms with E-state index in [1.807, 2.05) is 0 Å². The molecule has 0 saturated carbocycles. The lowest BCUT2D eigenvalue weighted by Crippen LogP contribution is -2.22. The van der Waals surface area contributed by atoms with Crippen molar-refractivity contribution in [3.05, 3.63) is 0 Å². The zero-order valence-corrected chi connectivity index (χ0v) is 6.35. The average molecular weight is 128 g/mol. The van der Waals surface area contributed by atoms with Crippen LogP contribution in [0.3, 0.4) is 0 Å². The molecular formula is C7H16N2. The van der Waals surface area contributed by atoms with Crippen LogP contribution in [-0.2, 0) is 0 Å². The predicted molar refractivity (Wildman–Crippen MR) is 39.3 cm³/mol. The maximum Gasteiger partial charge on any atom is 0.0480 e. The molecule has 1 fully saturated rings. The molecule has 0 bridgehead atoms. The zero-order valence-electron chi connectivity index (χ0n) is 6.35. The van der Waals surface area contributed by atoms with E-state index in [9.17, 15) is 0 Å². The Bertz CT molecular complexity index is 81.0. The molecule has 1 aliphatic heterocycles. The summed E-state index contributed by atoms with van der Waals surface area (Å²) in [6.45, 7) is 4.54. The molecule has 0 aliphatic carbocycles. The number of hydrogen-bond donors (Lipinski definition) is 1. The SMILES string of the molecule is CCCC1CN(C)CN1. The van der Waals surface area contributed by atoms with E-state index >= 15 is 0 Å². The van der Waals surface area contributed by atoms with E-state index in [-0.39, 0.29) is 0 Å². The second-order valence-electron chi connectivity index (χ2n) is 2.89. The van der Waals surface area contributed by atoms with Gasteiger partial charge < -0.3 is 5.32 Å². The fourth-order valence-corrected chi connectivity index (χ4v) is 1.33. The second kappa shape index (κ2) is 3.18. The molecule has 0 aromatic heterocycles. The summed E-state index contributed by atoms with van der Waals surface area (Å²) < 4.78 is 0. The number of likely N-dealkylation sites (N-methyl/N-ethyl adjacent to an activating group) is 1. The topological polar surface area (TPSA) is 15.3 Å². The van der Waals surface area contributed by atoms with E-state index in [2.05, 4.69) is 24.2 Å². The molecule has 0 aromatic carbocycles. The van der Waals surface area contributed by atoms with Crippen molar-refractivity contribution in [2.75, 3.05) is 20.3 Å². The van der Waals surface area contributed by atoms with Gasteiger partial charge in [0.2, 0.25) is 0 Å². The molecule has 0 radical (unpaired) electrons. The lowest BCUT2D eigenvalue weighted by molar-refractivity contribution is 0.404. The molecule has 0 amide bonds. The number of hydrogen-bond acceptors (Lipinski definition) is 2. The Morgan fingerprint density at radius 2 is 2.44 bits per heavy atom. The molecule has 2 nitrogen and oxygen atoms in total. The Labute approximate surface area is 57.2 Å². The standard InChI is InChI=1S/C7H16N2/c1-3-4-7-5-9(2)6-8-7/h7-8H,3-6H2,1-2H3. The van der Waals surface area contributed by atoms with E-state index in [1.165, 1.54) is 19.4 Å². The zero-order chi connectivity index (χ0) is 6.69. The van der Waals surface area contributed by atoms with Crippen LogP contribution in [0, 0.1) is 0 Å². The van der Waals surface area contributed by atoms with Gasteiger partial charge >= 0.3 is 0 Å². The van der Waals surface area contributed by atoms with Crippen LogP contribution < -0.4 is 5.32 Å². The van der Waals surface area contributed by atoms with Gasteiger partial charge in [-0.1, -0.05) is 13.3 Å².